The van der Waals surface area contributed by atoms with Crippen LogP contribution in [0.15, 0.2) is 108 Å². The van der Waals surface area contributed by atoms with Crippen molar-refractivity contribution in [2.75, 3.05) is 10.8 Å². The summed E-state index contributed by atoms with van der Waals surface area (Å²) in [5, 5.41) is 3.67. The summed E-state index contributed by atoms with van der Waals surface area (Å²) in [4.78, 5) is 29.9. The first-order valence-corrected chi connectivity index (χ1v) is 17.7. The van der Waals surface area contributed by atoms with E-state index in [4.69, 9.17) is 23.2 Å². The van der Waals surface area contributed by atoms with E-state index in [9.17, 15) is 18.0 Å². The van der Waals surface area contributed by atoms with Crippen LogP contribution in [0, 0.1) is 3.57 Å². The van der Waals surface area contributed by atoms with Crippen LogP contribution < -0.4 is 9.62 Å². The zero-order chi connectivity index (χ0) is 32.6. The number of anilines is 1. The van der Waals surface area contributed by atoms with Crippen molar-refractivity contribution in [3.63, 3.8) is 0 Å². The van der Waals surface area contributed by atoms with Gasteiger partial charge >= 0.3 is 0 Å². The summed E-state index contributed by atoms with van der Waals surface area (Å²) in [7, 11) is -4.18. The van der Waals surface area contributed by atoms with Crippen molar-refractivity contribution in [1.82, 2.24) is 10.2 Å². The van der Waals surface area contributed by atoms with Gasteiger partial charge in [0.25, 0.3) is 10.0 Å². The first kappa shape index (κ1) is 34.7. The van der Waals surface area contributed by atoms with Gasteiger partial charge in [0.1, 0.15) is 12.6 Å². The van der Waals surface area contributed by atoms with E-state index in [0.29, 0.717) is 27.7 Å². The number of nitrogens with zero attached hydrogens (tertiary/aromatic N) is 2. The lowest BCUT2D eigenvalue weighted by atomic mass is 10.0. The van der Waals surface area contributed by atoms with Gasteiger partial charge in [0.05, 0.1) is 10.6 Å². The van der Waals surface area contributed by atoms with E-state index < -0.39 is 28.5 Å². The number of carbonyl (C=O) groups excluding carboxylic acids is 2. The fraction of sp³-hybridized carbons (Fsp3) is 0.235. The second-order valence-electron chi connectivity index (χ2n) is 10.5. The molecule has 0 bridgehead atoms. The van der Waals surface area contributed by atoms with Crippen molar-refractivity contribution < 1.29 is 18.0 Å². The number of benzene rings is 4. The molecule has 45 heavy (non-hydrogen) atoms. The van der Waals surface area contributed by atoms with Crippen LogP contribution in [0.1, 0.15) is 31.4 Å². The van der Waals surface area contributed by atoms with Gasteiger partial charge in [-0.2, -0.15) is 0 Å². The van der Waals surface area contributed by atoms with E-state index in [2.05, 4.69) is 27.9 Å². The van der Waals surface area contributed by atoms with Gasteiger partial charge in [-0.15, -0.1) is 0 Å². The Bertz CT molecular complexity index is 1690. The number of amides is 2. The Balaban J connectivity index is 1.83. The maximum absolute atomic E-state index is 14.5. The van der Waals surface area contributed by atoms with Gasteiger partial charge in [-0.25, -0.2) is 8.42 Å². The summed E-state index contributed by atoms with van der Waals surface area (Å²) in [5.74, 6) is -0.958. The smallest absolute Gasteiger partial charge is 0.264 e. The number of halogens is 3. The zero-order valence-corrected chi connectivity index (χ0v) is 29.4. The monoisotopic (exact) mass is 777 g/mol. The predicted molar refractivity (Wildman–Crippen MR) is 189 cm³/mol. The average Bonchev–Trinajstić information content (AvgIpc) is 3.04. The van der Waals surface area contributed by atoms with Crippen molar-refractivity contribution >= 4 is 73.3 Å². The molecule has 4 aromatic carbocycles. The van der Waals surface area contributed by atoms with E-state index in [1.54, 1.807) is 60.7 Å². The van der Waals surface area contributed by atoms with Gasteiger partial charge in [0.2, 0.25) is 11.8 Å². The topological polar surface area (TPSA) is 86.8 Å². The lowest BCUT2D eigenvalue weighted by Crippen LogP contribution is -2.54. The summed E-state index contributed by atoms with van der Waals surface area (Å²) in [6.45, 7) is 3.16. The molecule has 0 aliphatic heterocycles. The molecule has 4 aromatic rings. The van der Waals surface area contributed by atoms with Gasteiger partial charge in [-0.1, -0.05) is 84.7 Å². The van der Waals surface area contributed by atoms with Crippen molar-refractivity contribution in [1.29, 1.82) is 0 Å². The lowest BCUT2D eigenvalue weighted by molar-refractivity contribution is -0.140. The van der Waals surface area contributed by atoms with Gasteiger partial charge in [-0.05, 0) is 90.0 Å². The quantitative estimate of drug-likeness (QED) is 0.144. The summed E-state index contributed by atoms with van der Waals surface area (Å²) in [6.07, 6.45) is 0.871. The third-order valence-corrected chi connectivity index (χ3v) is 10.6. The Morgan fingerprint density at radius 2 is 1.42 bits per heavy atom. The molecule has 2 atom stereocenters. The fourth-order valence-corrected chi connectivity index (χ4v) is 7.02. The second kappa shape index (κ2) is 15.9. The second-order valence-corrected chi connectivity index (χ2v) is 14.5. The minimum Gasteiger partial charge on any atom is -0.352 e. The summed E-state index contributed by atoms with van der Waals surface area (Å²) < 4.78 is 30.1. The molecule has 0 spiro atoms. The Morgan fingerprint density at radius 3 is 2.00 bits per heavy atom. The molecule has 7 nitrogen and oxygen atoms in total. The number of nitrogens with one attached hydrogen (secondary N) is 1. The largest absolute Gasteiger partial charge is 0.352 e. The van der Waals surface area contributed by atoms with Gasteiger partial charge in [0.15, 0.2) is 0 Å². The molecule has 4 rings (SSSR count). The van der Waals surface area contributed by atoms with Crippen molar-refractivity contribution in [2.45, 2.75) is 50.2 Å². The molecule has 0 saturated heterocycles. The van der Waals surface area contributed by atoms with Gasteiger partial charge in [0, 0.05) is 38.2 Å². The van der Waals surface area contributed by atoms with Crippen molar-refractivity contribution in [3.05, 3.63) is 128 Å². The third-order valence-electron chi connectivity index (χ3n) is 7.39. The molecule has 0 heterocycles. The Kier molecular flexibility index (Phi) is 12.3. The van der Waals surface area contributed by atoms with Crippen LogP contribution in [0.2, 0.25) is 10.0 Å². The van der Waals surface area contributed by atoms with E-state index in [0.717, 1.165) is 13.4 Å². The van der Waals surface area contributed by atoms with Crippen LogP contribution in [0.5, 0.6) is 0 Å². The van der Waals surface area contributed by atoms with Crippen LogP contribution in [-0.4, -0.2) is 43.8 Å². The fourth-order valence-electron chi connectivity index (χ4n) is 4.70. The molecule has 1 N–H and O–H groups in total. The SMILES string of the molecule is CC[C@H](C)NC(=O)[C@H](Cc1ccccc1)N(Cc1c(Cl)cccc1Cl)C(=O)CN(c1ccc(I)cc1)S(=O)(=O)c1ccccc1. The number of hydrogen-bond donors (Lipinski definition) is 1. The number of hydrogen-bond acceptors (Lipinski definition) is 4. The molecule has 2 amide bonds. The highest BCUT2D eigenvalue weighted by Gasteiger charge is 2.35. The van der Waals surface area contributed by atoms with Crippen LogP contribution in [0.25, 0.3) is 0 Å². The Hall–Kier alpha value is -3.12. The molecule has 0 aromatic heterocycles. The Morgan fingerprint density at radius 1 is 0.844 bits per heavy atom. The summed E-state index contributed by atoms with van der Waals surface area (Å²) >= 11 is 15.3. The van der Waals surface area contributed by atoms with Crippen LogP contribution in [0.4, 0.5) is 5.69 Å². The maximum atomic E-state index is 14.5. The predicted octanol–water partition coefficient (Wildman–Crippen LogP) is 7.35. The Labute approximate surface area is 288 Å². The molecule has 0 unspecified atom stereocenters. The van der Waals surface area contributed by atoms with E-state index in [1.807, 2.05) is 44.2 Å². The number of sulfonamides is 1. The molecule has 11 heteroatoms. The zero-order valence-electron chi connectivity index (χ0n) is 24.9. The standard InChI is InChI=1S/C34H34Cl2IN3O4S/c1-3-24(2)38-34(42)32(21-25-11-6-4-7-12-25)39(22-29-30(35)15-10-16-31(29)36)33(41)23-40(27-19-17-26(37)18-20-27)45(43,44)28-13-8-5-9-14-28/h4-20,24,32H,3,21-23H2,1-2H3,(H,38,42)/t24-,32-/m0/s1. The maximum Gasteiger partial charge on any atom is 0.264 e. The highest BCUT2D eigenvalue weighted by atomic mass is 127. The van der Waals surface area contributed by atoms with E-state index in [1.165, 1.54) is 17.0 Å². The van der Waals surface area contributed by atoms with Gasteiger partial charge < -0.3 is 10.2 Å². The average molecular weight is 779 g/mol. The van der Waals surface area contributed by atoms with Crippen LogP contribution in [-0.2, 0) is 32.6 Å². The van der Waals surface area contributed by atoms with Crippen molar-refractivity contribution in [3.8, 4) is 0 Å². The molecule has 0 aliphatic carbocycles. The highest BCUT2D eigenvalue weighted by Crippen LogP contribution is 2.29. The minimum atomic E-state index is -4.18. The summed E-state index contributed by atoms with van der Waals surface area (Å²) in [5.41, 5.74) is 1.60. The first-order chi connectivity index (χ1) is 21.5. The molecule has 0 saturated carbocycles. The third kappa shape index (κ3) is 9.00. The number of rotatable bonds is 13. The molecule has 236 valence electrons. The molecule has 0 aliphatic rings. The van der Waals surface area contributed by atoms with Crippen LogP contribution >= 0.6 is 45.8 Å². The normalized spacial score (nSPS) is 12.6. The molecule has 0 radical (unpaired) electrons. The van der Waals surface area contributed by atoms with E-state index >= 15 is 0 Å². The molecular weight excluding hydrogens is 744 g/mol. The van der Waals surface area contributed by atoms with Crippen LogP contribution in [0.3, 0.4) is 0 Å². The molecular formula is C34H34Cl2IN3O4S. The first-order valence-electron chi connectivity index (χ1n) is 14.4. The highest BCUT2D eigenvalue weighted by molar-refractivity contribution is 14.1. The number of carbonyl (C=O) groups is 2. The van der Waals surface area contributed by atoms with E-state index in [-0.39, 0.29) is 29.8 Å². The summed E-state index contributed by atoms with van der Waals surface area (Å²) in [6, 6.07) is 28.0. The lowest BCUT2D eigenvalue weighted by Gasteiger charge is -2.34. The van der Waals surface area contributed by atoms with Gasteiger partial charge in [-0.3, -0.25) is 13.9 Å². The molecule has 0 fully saturated rings. The van der Waals surface area contributed by atoms with Crippen molar-refractivity contribution in [2.24, 2.45) is 0 Å². The minimum absolute atomic E-state index is 0.0346.